The molecule has 4 rings (SSSR count). The Labute approximate surface area is 144 Å². The zero-order valence-electron chi connectivity index (χ0n) is 14.3. The molecule has 1 heterocycles. The summed E-state index contributed by atoms with van der Waals surface area (Å²) in [6.07, 6.45) is 10.0. The first kappa shape index (κ1) is 15.9. The van der Waals surface area contributed by atoms with Crippen LogP contribution in [0.5, 0.6) is 5.75 Å². The Morgan fingerprint density at radius 1 is 1.12 bits per heavy atom. The van der Waals surface area contributed by atoms with Crippen LogP contribution in [0.2, 0.25) is 0 Å². The van der Waals surface area contributed by atoms with Gasteiger partial charge in [0.25, 0.3) is 0 Å². The number of amides is 1. The molecule has 3 aliphatic rings. The van der Waals surface area contributed by atoms with Gasteiger partial charge >= 0.3 is 0 Å². The van der Waals surface area contributed by atoms with Gasteiger partial charge in [0.05, 0.1) is 12.1 Å². The molecule has 1 saturated heterocycles. The SMILES string of the molecule is O=C(NCc1ccccc1OC1CCC1)C1CC2CCCCC2N1. The number of nitrogens with one attached hydrogen (secondary N) is 2. The van der Waals surface area contributed by atoms with Gasteiger partial charge in [0.1, 0.15) is 5.75 Å². The summed E-state index contributed by atoms with van der Waals surface area (Å²) in [6, 6.07) is 8.62. The predicted octanol–water partition coefficient (Wildman–Crippen LogP) is 3.15. The lowest BCUT2D eigenvalue weighted by Crippen LogP contribution is -2.43. The minimum atomic E-state index is -0.0159. The molecule has 0 spiro atoms. The highest BCUT2D eigenvalue weighted by Gasteiger charge is 2.38. The normalized spacial score (nSPS) is 29.6. The molecule has 2 N–H and O–H groups in total. The molecule has 3 atom stereocenters. The summed E-state index contributed by atoms with van der Waals surface area (Å²) < 4.78 is 6.05. The molecule has 130 valence electrons. The highest BCUT2D eigenvalue weighted by atomic mass is 16.5. The minimum absolute atomic E-state index is 0.0159. The maximum atomic E-state index is 12.5. The fourth-order valence-corrected chi connectivity index (χ4v) is 4.26. The van der Waals surface area contributed by atoms with E-state index in [0.717, 1.165) is 30.6 Å². The molecular weight excluding hydrogens is 300 g/mol. The molecule has 4 heteroatoms. The summed E-state index contributed by atoms with van der Waals surface area (Å²) in [4.78, 5) is 12.5. The van der Waals surface area contributed by atoms with Crippen molar-refractivity contribution < 1.29 is 9.53 Å². The average molecular weight is 328 g/mol. The number of ether oxygens (including phenoxy) is 1. The highest BCUT2D eigenvalue weighted by molar-refractivity contribution is 5.82. The monoisotopic (exact) mass is 328 g/mol. The molecule has 3 unspecified atom stereocenters. The molecule has 1 aliphatic heterocycles. The smallest absolute Gasteiger partial charge is 0.237 e. The van der Waals surface area contributed by atoms with Crippen molar-refractivity contribution in [2.75, 3.05) is 0 Å². The third-order valence-corrected chi connectivity index (χ3v) is 5.95. The number of benzene rings is 1. The molecule has 1 aromatic rings. The second-order valence-electron chi connectivity index (χ2n) is 7.60. The van der Waals surface area contributed by atoms with Crippen LogP contribution in [0.1, 0.15) is 56.9 Å². The summed E-state index contributed by atoms with van der Waals surface area (Å²) in [5, 5.41) is 6.67. The third-order valence-electron chi connectivity index (χ3n) is 5.95. The van der Waals surface area contributed by atoms with Crippen LogP contribution in [0.3, 0.4) is 0 Å². The second kappa shape index (κ2) is 7.14. The van der Waals surface area contributed by atoms with Crippen LogP contribution in [-0.2, 0) is 11.3 Å². The van der Waals surface area contributed by atoms with Gasteiger partial charge in [-0.05, 0) is 50.5 Å². The molecule has 0 aromatic heterocycles. The Bertz CT molecular complexity index is 571. The lowest BCUT2D eigenvalue weighted by atomic mass is 9.85. The third kappa shape index (κ3) is 3.44. The van der Waals surface area contributed by atoms with Gasteiger partial charge in [-0.15, -0.1) is 0 Å². The fourth-order valence-electron chi connectivity index (χ4n) is 4.26. The van der Waals surface area contributed by atoms with Gasteiger partial charge in [-0.1, -0.05) is 31.0 Å². The Balaban J connectivity index is 1.32. The number of fused-ring (bicyclic) bond motifs is 1. The summed E-state index contributed by atoms with van der Waals surface area (Å²) >= 11 is 0. The van der Waals surface area contributed by atoms with Crippen LogP contribution in [0.4, 0.5) is 0 Å². The largest absolute Gasteiger partial charge is 0.490 e. The van der Waals surface area contributed by atoms with Crippen LogP contribution in [0.15, 0.2) is 24.3 Å². The molecule has 3 fully saturated rings. The minimum Gasteiger partial charge on any atom is -0.490 e. The second-order valence-corrected chi connectivity index (χ2v) is 7.60. The standard InChI is InChI=1S/C20H28N2O2/c23-20(18-12-14-6-1-3-10-17(14)22-18)21-13-15-7-2-4-11-19(15)24-16-8-5-9-16/h2,4,7,11,14,16-18,22H,1,3,5-6,8-10,12-13H2,(H,21,23). The van der Waals surface area contributed by atoms with Crippen molar-refractivity contribution in [1.82, 2.24) is 10.6 Å². The maximum absolute atomic E-state index is 12.5. The van der Waals surface area contributed by atoms with E-state index < -0.39 is 0 Å². The number of rotatable bonds is 5. The van der Waals surface area contributed by atoms with E-state index in [1.54, 1.807) is 0 Å². The predicted molar refractivity (Wildman–Crippen MR) is 93.8 cm³/mol. The molecule has 2 aliphatic carbocycles. The van der Waals surface area contributed by atoms with Crippen LogP contribution < -0.4 is 15.4 Å². The molecule has 1 amide bonds. The molecule has 0 bridgehead atoms. The molecule has 24 heavy (non-hydrogen) atoms. The first-order chi connectivity index (χ1) is 11.8. The van der Waals surface area contributed by atoms with Crippen molar-refractivity contribution in [3.8, 4) is 5.75 Å². The topological polar surface area (TPSA) is 50.4 Å². The van der Waals surface area contributed by atoms with Crippen molar-refractivity contribution >= 4 is 5.91 Å². The van der Waals surface area contributed by atoms with E-state index in [9.17, 15) is 4.79 Å². The van der Waals surface area contributed by atoms with Crippen molar-refractivity contribution in [3.63, 3.8) is 0 Å². The van der Waals surface area contributed by atoms with Crippen molar-refractivity contribution in [1.29, 1.82) is 0 Å². The van der Waals surface area contributed by atoms with Crippen molar-refractivity contribution in [2.45, 2.75) is 76.1 Å². The summed E-state index contributed by atoms with van der Waals surface area (Å²) in [7, 11) is 0. The summed E-state index contributed by atoms with van der Waals surface area (Å²) in [5.74, 6) is 1.77. The number of hydrogen-bond donors (Lipinski definition) is 2. The Kier molecular flexibility index (Phi) is 4.74. The van der Waals surface area contributed by atoms with Gasteiger partial charge in [0, 0.05) is 18.2 Å². The lowest BCUT2D eigenvalue weighted by Gasteiger charge is -2.27. The molecule has 4 nitrogen and oxygen atoms in total. The van der Waals surface area contributed by atoms with E-state index in [1.807, 2.05) is 18.2 Å². The highest BCUT2D eigenvalue weighted by Crippen LogP contribution is 2.33. The van der Waals surface area contributed by atoms with Gasteiger partial charge < -0.3 is 15.4 Å². The van der Waals surface area contributed by atoms with E-state index in [2.05, 4.69) is 16.7 Å². The van der Waals surface area contributed by atoms with Crippen LogP contribution in [0, 0.1) is 5.92 Å². The number of carbonyl (C=O) groups is 1. The number of carbonyl (C=O) groups excluding carboxylic acids is 1. The maximum Gasteiger partial charge on any atom is 0.237 e. The van der Waals surface area contributed by atoms with E-state index in [-0.39, 0.29) is 11.9 Å². The first-order valence-electron chi connectivity index (χ1n) is 9.58. The van der Waals surface area contributed by atoms with Gasteiger partial charge in [0.15, 0.2) is 0 Å². The number of hydrogen-bond acceptors (Lipinski definition) is 3. The summed E-state index contributed by atoms with van der Waals surface area (Å²) in [5.41, 5.74) is 1.08. The Morgan fingerprint density at radius 3 is 2.75 bits per heavy atom. The fraction of sp³-hybridized carbons (Fsp3) is 0.650. The number of para-hydroxylation sites is 1. The summed E-state index contributed by atoms with van der Waals surface area (Å²) in [6.45, 7) is 0.551. The molecule has 0 radical (unpaired) electrons. The van der Waals surface area contributed by atoms with Crippen molar-refractivity contribution in [2.24, 2.45) is 5.92 Å². The zero-order chi connectivity index (χ0) is 16.4. The Morgan fingerprint density at radius 2 is 1.96 bits per heavy atom. The molecular formula is C20H28N2O2. The van der Waals surface area contributed by atoms with Crippen LogP contribution in [-0.4, -0.2) is 24.1 Å². The Hall–Kier alpha value is -1.55. The lowest BCUT2D eigenvalue weighted by molar-refractivity contribution is -0.123. The van der Waals surface area contributed by atoms with E-state index >= 15 is 0 Å². The van der Waals surface area contributed by atoms with E-state index in [0.29, 0.717) is 24.6 Å². The van der Waals surface area contributed by atoms with Crippen molar-refractivity contribution in [3.05, 3.63) is 29.8 Å². The quantitative estimate of drug-likeness (QED) is 0.873. The van der Waals surface area contributed by atoms with E-state index in [4.69, 9.17) is 4.74 Å². The van der Waals surface area contributed by atoms with Gasteiger partial charge in [-0.3, -0.25) is 4.79 Å². The first-order valence-corrected chi connectivity index (χ1v) is 9.58. The zero-order valence-corrected chi connectivity index (χ0v) is 14.3. The van der Waals surface area contributed by atoms with Crippen LogP contribution >= 0.6 is 0 Å². The van der Waals surface area contributed by atoms with Gasteiger partial charge in [-0.2, -0.15) is 0 Å². The van der Waals surface area contributed by atoms with E-state index in [1.165, 1.54) is 32.1 Å². The van der Waals surface area contributed by atoms with Gasteiger partial charge in [-0.25, -0.2) is 0 Å². The van der Waals surface area contributed by atoms with Crippen LogP contribution in [0.25, 0.3) is 0 Å². The molecule has 2 saturated carbocycles. The van der Waals surface area contributed by atoms with Gasteiger partial charge in [0.2, 0.25) is 5.91 Å². The average Bonchev–Trinajstić information content (AvgIpc) is 3.01. The molecule has 1 aromatic carbocycles.